The lowest BCUT2D eigenvalue weighted by atomic mass is 9.97. The third-order valence-electron chi connectivity index (χ3n) is 4.58. The Hall–Kier alpha value is -3.55. The molecule has 0 aliphatic heterocycles. The van der Waals surface area contributed by atoms with Crippen LogP contribution in [0.2, 0.25) is 0 Å². The summed E-state index contributed by atoms with van der Waals surface area (Å²) in [5, 5.41) is 2.81. The number of aromatic nitrogens is 3. The molecule has 0 spiro atoms. The van der Waals surface area contributed by atoms with E-state index in [4.69, 9.17) is 5.73 Å². The fraction of sp³-hybridized carbons (Fsp3) is 0.143. The number of hydrogen-bond donors (Lipinski definition) is 2. The highest BCUT2D eigenvalue weighted by atomic mass is 19.4. The molecular formula is C21H19F3N4O. The summed E-state index contributed by atoms with van der Waals surface area (Å²) in [7, 11) is 0. The molecule has 0 unspecified atom stereocenters. The van der Waals surface area contributed by atoms with Crippen molar-refractivity contribution in [3.63, 3.8) is 0 Å². The maximum atomic E-state index is 13.2. The fourth-order valence-electron chi connectivity index (χ4n) is 3.15. The first kappa shape index (κ1) is 20.2. The molecule has 0 aliphatic rings. The quantitative estimate of drug-likeness (QED) is 0.636. The molecule has 3 rings (SSSR count). The molecule has 0 aliphatic carbocycles. The van der Waals surface area contributed by atoms with Crippen molar-refractivity contribution >= 4 is 11.2 Å². The Morgan fingerprint density at radius 1 is 1.34 bits per heavy atom. The SMILES string of the molecule is C=C/C=C(\C=C/N)c1cc(=O)n2[nH]cc(Cc3cccc(C(F)(F)F)c3C)c2n1. The molecule has 0 atom stereocenters. The van der Waals surface area contributed by atoms with E-state index in [-0.39, 0.29) is 17.5 Å². The topological polar surface area (TPSA) is 76.2 Å². The number of nitrogens with one attached hydrogen (secondary N) is 1. The second-order valence-corrected chi connectivity index (χ2v) is 6.42. The van der Waals surface area contributed by atoms with Crippen molar-refractivity contribution in [3.05, 3.63) is 99.8 Å². The molecule has 1 aromatic carbocycles. The first-order valence-electron chi connectivity index (χ1n) is 8.73. The zero-order valence-electron chi connectivity index (χ0n) is 15.6. The van der Waals surface area contributed by atoms with Gasteiger partial charge in [-0.05, 0) is 36.4 Å². The van der Waals surface area contributed by atoms with Crippen LogP contribution in [0.15, 0.2) is 66.3 Å². The minimum atomic E-state index is -4.43. The smallest absolute Gasteiger partial charge is 0.405 e. The number of nitrogens with zero attached hydrogens (tertiary/aromatic N) is 2. The van der Waals surface area contributed by atoms with Crippen molar-refractivity contribution in [1.82, 2.24) is 14.6 Å². The zero-order chi connectivity index (χ0) is 21.2. The Bertz CT molecular complexity index is 1180. The molecule has 0 saturated heterocycles. The molecule has 0 fully saturated rings. The van der Waals surface area contributed by atoms with Crippen LogP contribution in [-0.2, 0) is 12.6 Å². The molecule has 150 valence electrons. The Labute approximate surface area is 164 Å². The molecule has 5 nitrogen and oxygen atoms in total. The summed E-state index contributed by atoms with van der Waals surface area (Å²) in [5.74, 6) is 0. The number of alkyl halides is 3. The second kappa shape index (κ2) is 7.83. The molecule has 0 amide bonds. The largest absolute Gasteiger partial charge is 0.416 e. The molecule has 0 radical (unpaired) electrons. The summed E-state index contributed by atoms with van der Waals surface area (Å²) in [4.78, 5) is 17.0. The molecule has 3 aromatic rings. The zero-order valence-corrected chi connectivity index (χ0v) is 15.6. The van der Waals surface area contributed by atoms with Gasteiger partial charge in [-0.25, -0.2) is 9.50 Å². The molecule has 29 heavy (non-hydrogen) atoms. The number of nitrogens with two attached hydrogens (primary N) is 1. The van der Waals surface area contributed by atoms with Gasteiger partial charge in [-0.3, -0.25) is 9.89 Å². The monoisotopic (exact) mass is 400 g/mol. The van der Waals surface area contributed by atoms with E-state index in [1.54, 1.807) is 30.5 Å². The number of aromatic amines is 1. The highest BCUT2D eigenvalue weighted by Crippen LogP contribution is 2.33. The highest BCUT2D eigenvalue weighted by molar-refractivity contribution is 5.73. The number of fused-ring (bicyclic) bond motifs is 1. The third-order valence-corrected chi connectivity index (χ3v) is 4.58. The summed E-state index contributed by atoms with van der Waals surface area (Å²) in [6.07, 6.45) is 3.44. The lowest BCUT2D eigenvalue weighted by Gasteiger charge is -2.13. The first-order chi connectivity index (χ1) is 13.8. The predicted molar refractivity (Wildman–Crippen MR) is 106 cm³/mol. The van der Waals surface area contributed by atoms with E-state index in [2.05, 4.69) is 16.7 Å². The third kappa shape index (κ3) is 4.01. The van der Waals surface area contributed by atoms with Gasteiger partial charge in [0, 0.05) is 29.8 Å². The van der Waals surface area contributed by atoms with Gasteiger partial charge in [-0.1, -0.05) is 30.9 Å². The van der Waals surface area contributed by atoms with Gasteiger partial charge in [-0.2, -0.15) is 13.2 Å². The van der Waals surface area contributed by atoms with Gasteiger partial charge in [-0.15, -0.1) is 0 Å². The molecule has 2 heterocycles. The summed E-state index contributed by atoms with van der Waals surface area (Å²) >= 11 is 0. The van der Waals surface area contributed by atoms with Crippen molar-refractivity contribution < 1.29 is 13.2 Å². The Kier molecular flexibility index (Phi) is 5.45. The van der Waals surface area contributed by atoms with Crippen molar-refractivity contribution in [2.24, 2.45) is 5.73 Å². The van der Waals surface area contributed by atoms with Gasteiger partial charge >= 0.3 is 6.18 Å². The molecule has 0 bridgehead atoms. The predicted octanol–water partition coefficient (Wildman–Crippen LogP) is 3.98. The number of halogens is 3. The van der Waals surface area contributed by atoms with Crippen LogP contribution in [0.3, 0.4) is 0 Å². The van der Waals surface area contributed by atoms with Crippen molar-refractivity contribution in [1.29, 1.82) is 0 Å². The maximum absolute atomic E-state index is 13.2. The Morgan fingerprint density at radius 3 is 2.76 bits per heavy atom. The number of benzene rings is 1. The van der Waals surface area contributed by atoms with E-state index >= 15 is 0 Å². The highest BCUT2D eigenvalue weighted by Gasteiger charge is 2.32. The minimum Gasteiger partial charge on any atom is -0.405 e. The van der Waals surface area contributed by atoms with Crippen LogP contribution in [0.4, 0.5) is 13.2 Å². The molecular weight excluding hydrogens is 381 g/mol. The minimum absolute atomic E-state index is 0.149. The summed E-state index contributed by atoms with van der Waals surface area (Å²) in [6.45, 7) is 5.07. The van der Waals surface area contributed by atoms with Crippen LogP contribution in [0, 0.1) is 6.92 Å². The molecule has 2 aromatic heterocycles. The lowest BCUT2D eigenvalue weighted by molar-refractivity contribution is -0.138. The van der Waals surface area contributed by atoms with Gasteiger partial charge in [0.15, 0.2) is 5.65 Å². The van der Waals surface area contributed by atoms with Crippen molar-refractivity contribution in [2.75, 3.05) is 0 Å². The van der Waals surface area contributed by atoms with Gasteiger partial charge in [0.25, 0.3) is 5.56 Å². The van der Waals surface area contributed by atoms with E-state index in [1.165, 1.54) is 29.8 Å². The number of allylic oxidation sites excluding steroid dienone is 4. The van der Waals surface area contributed by atoms with E-state index < -0.39 is 11.7 Å². The molecule has 3 N–H and O–H groups in total. The van der Waals surface area contributed by atoms with Gasteiger partial charge in [0.05, 0.1) is 11.3 Å². The van der Waals surface area contributed by atoms with Crippen LogP contribution in [0.1, 0.15) is 27.9 Å². The van der Waals surface area contributed by atoms with Crippen LogP contribution in [0.25, 0.3) is 11.2 Å². The first-order valence-corrected chi connectivity index (χ1v) is 8.73. The average molecular weight is 400 g/mol. The number of H-pyrrole nitrogens is 1. The maximum Gasteiger partial charge on any atom is 0.416 e. The Balaban J connectivity index is 2.12. The van der Waals surface area contributed by atoms with E-state index in [0.717, 1.165) is 6.07 Å². The van der Waals surface area contributed by atoms with Crippen molar-refractivity contribution in [2.45, 2.75) is 19.5 Å². The standard InChI is InChI=1S/C21H19F3N4O/c1-3-5-14(8-9-25)18-11-19(29)28-20(27-18)16(12-26-28)10-15-6-4-7-17(13(15)2)21(22,23)24/h3-9,11-12,26H,1,10,25H2,2H3/b9-8-,14-5+. The van der Waals surface area contributed by atoms with Crippen molar-refractivity contribution in [3.8, 4) is 0 Å². The number of rotatable bonds is 5. The summed E-state index contributed by atoms with van der Waals surface area (Å²) in [6, 6.07) is 5.41. The fourth-order valence-corrected chi connectivity index (χ4v) is 3.15. The normalized spacial score (nSPS) is 12.8. The summed E-state index contributed by atoms with van der Waals surface area (Å²) < 4.78 is 40.9. The average Bonchev–Trinajstić information content (AvgIpc) is 3.05. The van der Waals surface area contributed by atoms with Crippen LogP contribution >= 0.6 is 0 Å². The molecule has 8 heteroatoms. The van der Waals surface area contributed by atoms with Gasteiger partial charge in [0.2, 0.25) is 0 Å². The number of hydrogen-bond acceptors (Lipinski definition) is 3. The Morgan fingerprint density at radius 2 is 2.10 bits per heavy atom. The van der Waals surface area contributed by atoms with E-state index in [0.29, 0.717) is 28.0 Å². The summed E-state index contributed by atoms with van der Waals surface area (Å²) in [5.41, 5.74) is 7.00. The second-order valence-electron chi connectivity index (χ2n) is 6.42. The van der Waals surface area contributed by atoms with E-state index in [1.807, 2.05) is 0 Å². The van der Waals surface area contributed by atoms with Gasteiger partial charge < -0.3 is 5.73 Å². The lowest BCUT2D eigenvalue weighted by Crippen LogP contribution is -2.15. The van der Waals surface area contributed by atoms with Crippen LogP contribution < -0.4 is 11.3 Å². The van der Waals surface area contributed by atoms with E-state index in [9.17, 15) is 18.0 Å². The van der Waals surface area contributed by atoms with Crippen LogP contribution in [-0.4, -0.2) is 14.6 Å². The molecule has 0 saturated carbocycles. The van der Waals surface area contributed by atoms with Crippen LogP contribution in [0.5, 0.6) is 0 Å². The van der Waals surface area contributed by atoms with Gasteiger partial charge in [0.1, 0.15) is 0 Å².